The molecule has 0 saturated carbocycles. The second kappa shape index (κ2) is 7.92. The molecule has 0 aliphatic carbocycles. The van der Waals surface area contributed by atoms with Gasteiger partial charge in [0.15, 0.2) is 0 Å². The number of ether oxygens (including phenoxy) is 1. The van der Waals surface area contributed by atoms with Crippen molar-refractivity contribution in [2.45, 2.75) is 4.83 Å². The van der Waals surface area contributed by atoms with Crippen molar-refractivity contribution in [2.24, 2.45) is 0 Å². The zero-order valence-electron chi connectivity index (χ0n) is 10.8. The lowest BCUT2D eigenvalue weighted by Crippen LogP contribution is -3.14. The van der Waals surface area contributed by atoms with Crippen LogP contribution in [0.25, 0.3) is 0 Å². The topological polar surface area (TPSA) is 30.7 Å². The number of esters is 1. The molecule has 104 valence electrons. The van der Waals surface area contributed by atoms with E-state index < -0.39 is 0 Å². The number of benzene rings is 1. The molecule has 2 rings (SSSR count). The van der Waals surface area contributed by atoms with Crippen LogP contribution in [-0.2, 0) is 9.53 Å². The molecule has 19 heavy (non-hydrogen) atoms. The molecular formula is C14H19BrNO2S+. The van der Waals surface area contributed by atoms with E-state index in [1.54, 1.807) is 0 Å². The zero-order valence-corrected chi connectivity index (χ0v) is 13.2. The van der Waals surface area contributed by atoms with Crippen molar-refractivity contribution in [1.29, 1.82) is 0 Å². The van der Waals surface area contributed by atoms with Gasteiger partial charge in [0.05, 0.1) is 13.1 Å². The van der Waals surface area contributed by atoms with Crippen LogP contribution in [0.4, 0.5) is 0 Å². The molecule has 1 saturated heterocycles. The molecule has 1 aromatic rings. The molecule has 0 spiro atoms. The number of carbonyl (C=O) groups excluding carboxylic acids is 1. The third-order valence-electron chi connectivity index (χ3n) is 3.20. The van der Waals surface area contributed by atoms with Crippen molar-refractivity contribution in [1.82, 2.24) is 0 Å². The van der Waals surface area contributed by atoms with Gasteiger partial charge in [-0.2, -0.15) is 11.8 Å². The molecule has 5 heteroatoms. The minimum Gasteiger partial charge on any atom is -0.459 e. The van der Waals surface area contributed by atoms with Gasteiger partial charge in [-0.25, -0.2) is 0 Å². The highest BCUT2D eigenvalue weighted by Gasteiger charge is 2.19. The van der Waals surface area contributed by atoms with E-state index in [9.17, 15) is 4.79 Å². The number of hydrogen-bond donors (Lipinski definition) is 1. The van der Waals surface area contributed by atoms with Crippen molar-refractivity contribution in [3.05, 3.63) is 35.9 Å². The van der Waals surface area contributed by atoms with Crippen LogP contribution in [0.1, 0.15) is 10.4 Å². The Bertz CT molecular complexity index is 396. The second-order valence-electron chi connectivity index (χ2n) is 4.55. The molecular weight excluding hydrogens is 326 g/mol. The number of nitrogens with one attached hydrogen (secondary N) is 1. The lowest BCUT2D eigenvalue weighted by atomic mass is 10.1. The highest BCUT2D eigenvalue weighted by Crippen LogP contribution is 2.23. The highest BCUT2D eigenvalue weighted by molar-refractivity contribution is 9.09. The molecule has 1 aliphatic rings. The number of halogens is 1. The Labute approximate surface area is 126 Å². The maximum absolute atomic E-state index is 11.9. The normalized spacial score (nSPS) is 17.9. The SMILES string of the molecule is O=C(OCC[NH+]1CCSCC1)C(Br)c1ccccc1. The Morgan fingerprint density at radius 1 is 1.32 bits per heavy atom. The lowest BCUT2D eigenvalue weighted by Gasteiger charge is -2.23. The third-order valence-corrected chi connectivity index (χ3v) is 5.09. The van der Waals surface area contributed by atoms with E-state index in [4.69, 9.17) is 4.74 Å². The van der Waals surface area contributed by atoms with Crippen molar-refractivity contribution in [3.8, 4) is 0 Å². The van der Waals surface area contributed by atoms with Crippen molar-refractivity contribution in [2.75, 3.05) is 37.7 Å². The van der Waals surface area contributed by atoms with Gasteiger partial charge in [-0.15, -0.1) is 0 Å². The summed E-state index contributed by atoms with van der Waals surface area (Å²) in [6, 6.07) is 9.63. The van der Waals surface area contributed by atoms with Gasteiger partial charge in [0.1, 0.15) is 18.0 Å². The Balaban J connectivity index is 1.72. The fourth-order valence-corrected chi connectivity index (χ4v) is 3.54. The Morgan fingerprint density at radius 3 is 2.68 bits per heavy atom. The number of rotatable bonds is 5. The monoisotopic (exact) mass is 344 g/mol. The van der Waals surface area contributed by atoms with E-state index in [0.717, 1.165) is 12.1 Å². The molecule has 1 aliphatic heterocycles. The van der Waals surface area contributed by atoms with Crippen LogP contribution in [0.3, 0.4) is 0 Å². The average molecular weight is 345 g/mol. The van der Waals surface area contributed by atoms with Gasteiger partial charge in [-0.3, -0.25) is 4.79 Å². The molecule has 3 nitrogen and oxygen atoms in total. The van der Waals surface area contributed by atoms with Crippen LogP contribution in [0.2, 0.25) is 0 Å². The quantitative estimate of drug-likeness (QED) is 0.645. The lowest BCUT2D eigenvalue weighted by molar-refractivity contribution is -0.896. The molecule has 1 heterocycles. The summed E-state index contributed by atoms with van der Waals surface area (Å²) in [5.41, 5.74) is 0.939. The molecule has 1 fully saturated rings. The minimum absolute atomic E-state index is 0.197. The van der Waals surface area contributed by atoms with E-state index in [2.05, 4.69) is 15.9 Å². The minimum atomic E-state index is -0.361. The van der Waals surface area contributed by atoms with Gasteiger partial charge in [0.2, 0.25) is 0 Å². The summed E-state index contributed by atoms with van der Waals surface area (Å²) in [6.45, 7) is 3.78. The van der Waals surface area contributed by atoms with Gasteiger partial charge >= 0.3 is 5.97 Å². The molecule has 0 aromatic heterocycles. The molecule has 1 atom stereocenters. The van der Waals surface area contributed by atoms with Gasteiger partial charge in [-0.1, -0.05) is 46.3 Å². The van der Waals surface area contributed by atoms with Crippen molar-refractivity contribution >= 4 is 33.7 Å². The summed E-state index contributed by atoms with van der Waals surface area (Å²) in [7, 11) is 0. The predicted molar refractivity (Wildman–Crippen MR) is 82.0 cm³/mol. The number of quaternary nitrogens is 1. The standard InChI is InChI=1S/C14H18BrNO2S/c15-13(12-4-2-1-3-5-12)14(17)18-9-6-16-7-10-19-11-8-16/h1-5,13H,6-11H2/p+1. The number of carbonyl (C=O) groups is 1. The zero-order chi connectivity index (χ0) is 13.5. The van der Waals surface area contributed by atoms with E-state index in [1.807, 2.05) is 42.1 Å². The number of hydrogen-bond acceptors (Lipinski definition) is 3. The van der Waals surface area contributed by atoms with Gasteiger partial charge < -0.3 is 9.64 Å². The first-order valence-corrected chi connectivity index (χ1v) is 8.61. The molecule has 1 unspecified atom stereocenters. The van der Waals surface area contributed by atoms with Crippen LogP contribution < -0.4 is 4.90 Å². The first-order chi connectivity index (χ1) is 9.27. The largest absolute Gasteiger partial charge is 0.459 e. The maximum atomic E-state index is 11.9. The second-order valence-corrected chi connectivity index (χ2v) is 6.69. The van der Waals surface area contributed by atoms with Crippen LogP contribution in [-0.4, -0.2) is 43.7 Å². The Hall–Kier alpha value is -0.520. The van der Waals surface area contributed by atoms with E-state index >= 15 is 0 Å². The smallest absolute Gasteiger partial charge is 0.324 e. The highest BCUT2D eigenvalue weighted by atomic mass is 79.9. The van der Waals surface area contributed by atoms with Crippen molar-refractivity contribution < 1.29 is 14.4 Å². The summed E-state index contributed by atoms with van der Waals surface area (Å²) < 4.78 is 5.35. The van der Waals surface area contributed by atoms with Crippen LogP contribution >= 0.6 is 27.7 Å². The molecule has 0 bridgehead atoms. The summed E-state index contributed by atoms with van der Waals surface area (Å²) in [5, 5.41) is 0. The number of alkyl halides is 1. The summed E-state index contributed by atoms with van der Waals surface area (Å²) in [6.07, 6.45) is 0. The van der Waals surface area contributed by atoms with E-state index in [1.165, 1.54) is 29.5 Å². The first kappa shape index (κ1) is 14.9. The van der Waals surface area contributed by atoms with Crippen LogP contribution in [0.5, 0.6) is 0 Å². The average Bonchev–Trinajstić information content (AvgIpc) is 2.48. The van der Waals surface area contributed by atoms with Crippen LogP contribution in [0, 0.1) is 0 Å². The Kier molecular flexibility index (Phi) is 6.20. The summed E-state index contributed by atoms with van der Waals surface area (Å²) in [4.78, 5) is 13.1. The molecule has 0 amide bonds. The molecule has 1 N–H and O–H groups in total. The third kappa shape index (κ3) is 4.82. The van der Waals surface area contributed by atoms with Gasteiger partial charge in [0, 0.05) is 11.5 Å². The van der Waals surface area contributed by atoms with Gasteiger partial charge in [-0.05, 0) is 5.56 Å². The summed E-state index contributed by atoms with van der Waals surface area (Å²) >= 11 is 5.40. The van der Waals surface area contributed by atoms with Crippen molar-refractivity contribution in [3.63, 3.8) is 0 Å². The fraction of sp³-hybridized carbons (Fsp3) is 0.500. The van der Waals surface area contributed by atoms with Gasteiger partial charge in [0.25, 0.3) is 0 Å². The first-order valence-electron chi connectivity index (χ1n) is 6.54. The fourth-order valence-electron chi connectivity index (χ4n) is 2.04. The molecule has 0 radical (unpaired) electrons. The van der Waals surface area contributed by atoms with E-state index in [-0.39, 0.29) is 10.8 Å². The summed E-state index contributed by atoms with van der Waals surface area (Å²) in [5.74, 6) is 2.24. The molecule has 1 aromatic carbocycles. The predicted octanol–water partition coefficient (Wildman–Crippen LogP) is 1.30. The van der Waals surface area contributed by atoms with E-state index in [0.29, 0.717) is 6.61 Å². The Morgan fingerprint density at radius 2 is 2.00 bits per heavy atom. The maximum Gasteiger partial charge on any atom is 0.324 e. The van der Waals surface area contributed by atoms with Crippen LogP contribution in [0.15, 0.2) is 30.3 Å². The number of thioether (sulfide) groups is 1.